The van der Waals surface area contributed by atoms with E-state index in [-0.39, 0.29) is 0 Å². The van der Waals surface area contributed by atoms with Crippen molar-refractivity contribution in [3.05, 3.63) is 16.4 Å². The van der Waals surface area contributed by atoms with Gasteiger partial charge in [-0.1, -0.05) is 34.5 Å². The Balaban J connectivity index is 2.17. The van der Waals surface area contributed by atoms with Crippen molar-refractivity contribution in [2.75, 3.05) is 0 Å². The first kappa shape index (κ1) is 14.4. The highest BCUT2D eigenvalue weighted by molar-refractivity contribution is 9.09. The Bertz CT molecular complexity index is 416. The van der Waals surface area contributed by atoms with E-state index >= 15 is 0 Å². The molecule has 18 heavy (non-hydrogen) atoms. The fourth-order valence-electron chi connectivity index (χ4n) is 2.99. The number of aromatic nitrogens is 2. The van der Waals surface area contributed by atoms with Gasteiger partial charge in [-0.2, -0.15) is 5.10 Å². The highest BCUT2D eigenvalue weighted by Gasteiger charge is 2.28. The van der Waals surface area contributed by atoms with Crippen molar-refractivity contribution in [2.45, 2.75) is 57.8 Å². The standard InChI is InChI=1S/C14H22BrClN2/c1-4-18-13(14(16)10(3)17-18)8-11-7-9(2)5-6-12(11)15/h9,11-12H,4-8H2,1-3H3. The Hall–Kier alpha value is -0.0200. The molecule has 0 amide bonds. The van der Waals surface area contributed by atoms with Gasteiger partial charge in [0.2, 0.25) is 0 Å². The molecule has 1 heterocycles. The van der Waals surface area contributed by atoms with E-state index in [1.54, 1.807) is 0 Å². The third kappa shape index (κ3) is 2.93. The summed E-state index contributed by atoms with van der Waals surface area (Å²) in [5.74, 6) is 1.52. The lowest BCUT2D eigenvalue weighted by Crippen LogP contribution is -2.26. The topological polar surface area (TPSA) is 17.8 Å². The van der Waals surface area contributed by atoms with E-state index in [2.05, 4.69) is 39.6 Å². The van der Waals surface area contributed by atoms with Crippen LogP contribution in [-0.4, -0.2) is 14.6 Å². The lowest BCUT2D eigenvalue weighted by molar-refractivity contribution is 0.290. The van der Waals surface area contributed by atoms with Gasteiger partial charge < -0.3 is 0 Å². The summed E-state index contributed by atoms with van der Waals surface area (Å²) in [5.41, 5.74) is 2.18. The molecule has 0 radical (unpaired) electrons. The maximum atomic E-state index is 6.40. The summed E-state index contributed by atoms with van der Waals surface area (Å²) in [4.78, 5) is 0.630. The van der Waals surface area contributed by atoms with Crippen molar-refractivity contribution in [3.8, 4) is 0 Å². The largest absolute Gasteiger partial charge is 0.268 e. The Morgan fingerprint density at radius 1 is 1.44 bits per heavy atom. The van der Waals surface area contributed by atoms with Crippen molar-refractivity contribution in [1.29, 1.82) is 0 Å². The van der Waals surface area contributed by atoms with Crippen molar-refractivity contribution < 1.29 is 0 Å². The van der Waals surface area contributed by atoms with Crippen molar-refractivity contribution in [2.24, 2.45) is 11.8 Å². The van der Waals surface area contributed by atoms with Crippen LogP contribution in [0.1, 0.15) is 44.5 Å². The Labute approximate surface area is 123 Å². The summed E-state index contributed by atoms with van der Waals surface area (Å²) in [6.45, 7) is 7.38. The molecular formula is C14H22BrClN2. The molecular weight excluding hydrogens is 312 g/mol. The second-order valence-electron chi connectivity index (χ2n) is 5.56. The molecule has 1 aliphatic rings. The van der Waals surface area contributed by atoms with Crippen LogP contribution in [0, 0.1) is 18.8 Å². The molecule has 3 unspecified atom stereocenters. The number of rotatable bonds is 3. The van der Waals surface area contributed by atoms with Gasteiger partial charge in [0, 0.05) is 11.4 Å². The second kappa shape index (κ2) is 5.96. The van der Waals surface area contributed by atoms with E-state index in [0.717, 1.165) is 29.6 Å². The summed E-state index contributed by atoms with van der Waals surface area (Å²) in [6.07, 6.45) is 4.96. The second-order valence-corrected chi connectivity index (χ2v) is 7.11. The summed E-state index contributed by atoms with van der Waals surface area (Å²) < 4.78 is 2.07. The van der Waals surface area contributed by atoms with Gasteiger partial charge in [0.05, 0.1) is 16.4 Å². The van der Waals surface area contributed by atoms with E-state index in [9.17, 15) is 0 Å². The fraction of sp³-hybridized carbons (Fsp3) is 0.786. The van der Waals surface area contributed by atoms with Crippen LogP contribution in [0.15, 0.2) is 0 Å². The minimum atomic E-state index is 0.630. The minimum absolute atomic E-state index is 0.630. The molecule has 0 spiro atoms. The molecule has 1 saturated carbocycles. The van der Waals surface area contributed by atoms with Crippen molar-refractivity contribution in [3.63, 3.8) is 0 Å². The summed E-state index contributed by atoms with van der Waals surface area (Å²) >= 11 is 10.2. The van der Waals surface area contributed by atoms with Crippen LogP contribution in [-0.2, 0) is 13.0 Å². The molecule has 3 atom stereocenters. The molecule has 1 aromatic heterocycles. The van der Waals surface area contributed by atoms with Gasteiger partial charge in [-0.15, -0.1) is 0 Å². The molecule has 4 heteroatoms. The van der Waals surface area contributed by atoms with E-state index < -0.39 is 0 Å². The van der Waals surface area contributed by atoms with Gasteiger partial charge in [0.25, 0.3) is 0 Å². The highest BCUT2D eigenvalue weighted by atomic mass is 79.9. The van der Waals surface area contributed by atoms with Gasteiger partial charge in [-0.3, -0.25) is 4.68 Å². The molecule has 1 fully saturated rings. The molecule has 1 aliphatic carbocycles. The van der Waals surface area contributed by atoms with Crippen LogP contribution in [0.25, 0.3) is 0 Å². The van der Waals surface area contributed by atoms with Crippen LogP contribution in [0.5, 0.6) is 0 Å². The molecule has 1 aromatic rings. The van der Waals surface area contributed by atoms with E-state index in [4.69, 9.17) is 11.6 Å². The first-order valence-electron chi connectivity index (χ1n) is 6.88. The van der Waals surface area contributed by atoms with E-state index in [1.807, 2.05) is 6.92 Å². The monoisotopic (exact) mass is 332 g/mol. The van der Waals surface area contributed by atoms with Gasteiger partial charge >= 0.3 is 0 Å². The van der Waals surface area contributed by atoms with Crippen LogP contribution in [0.2, 0.25) is 5.02 Å². The SMILES string of the molecule is CCn1nc(C)c(Cl)c1CC1CC(C)CCC1Br. The minimum Gasteiger partial charge on any atom is -0.268 e. The predicted molar refractivity (Wildman–Crippen MR) is 80.6 cm³/mol. The smallest absolute Gasteiger partial charge is 0.0847 e. The molecule has 2 rings (SSSR count). The summed E-state index contributed by atoms with van der Waals surface area (Å²) in [7, 11) is 0. The summed E-state index contributed by atoms with van der Waals surface area (Å²) in [5, 5.41) is 5.38. The van der Waals surface area contributed by atoms with Crippen molar-refractivity contribution in [1.82, 2.24) is 9.78 Å². The number of aryl methyl sites for hydroxylation is 2. The third-order valence-electron chi connectivity index (χ3n) is 4.06. The van der Waals surface area contributed by atoms with E-state index in [0.29, 0.717) is 10.7 Å². The number of nitrogens with zero attached hydrogens (tertiary/aromatic N) is 2. The number of hydrogen-bond donors (Lipinski definition) is 0. The highest BCUT2D eigenvalue weighted by Crippen LogP contribution is 2.37. The molecule has 0 bridgehead atoms. The number of alkyl halides is 1. The quantitative estimate of drug-likeness (QED) is 0.739. The van der Waals surface area contributed by atoms with Gasteiger partial charge in [0.15, 0.2) is 0 Å². The zero-order valence-electron chi connectivity index (χ0n) is 11.4. The van der Waals surface area contributed by atoms with Gasteiger partial charge in [-0.05, 0) is 51.4 Å². The number of halogens is 2. The maximum absolute atomic E-state index is 6.40. The average Bonchev–Trinajstić information content (AvgIpc) is 2.61. The molecule has 102 valence electrons. The van der Waals surface area contributed by atoms with Crippen molar-refractivity contribution >= 4 is 27.5 Å². The van der Waals surface area contributed by atoms with Crippen LogP contribution < -0.4 is 0 Å². The third-order valence-corrected chi connectivity index (χ3v) is 5.76. The maximum Gasteiger partial charge on any atom is 0.0847 e. The van der Waals surface area contributed by atoms with Gasteiger partial charge in [-0.25, -0.2) is 0 Å². The zero-order chi connectivity index (χ0) is 13.3. The average molecular weight is 334 g/mol. The number of hydrogen-bond acceptors (Lipinski definition) is 1. The zero-order valence-corrected chi connectivity index (χ0v) is 13.8. The van der Waals surface area contributed by atoms with E-state index in [1.165, 1.54) is 25.0 Å². The summed E-state index contributed by atoms with van der Waals surface area (Å²) in [6, 6.07) is 0. The first-order chi connectivity index (χ1) is 8.52. The Morgan fingerprint density at radius 3 is 2.83 bits per heavy atom. The molecule has 0 N–H and O–H groups in total. The Morgan fingerprint density at radius 2 is 2.17 bits per heavy atom. The lowest BCUT2D eigenvalue weighted by atomic mass is 9.80. The van der Waals surface area contributed by atoms with Gasteiger partial charge in [0.1, 0.15) is 0 Å². The molecule has 2 nitrogen and oxygen atoms in total. The molecule has 0 saturated heterocycles. The Kier molecular flexibility index (Phi) is 4.76. The molecule has 0 aromatic carbocycles. The van der Waals surface area contributed by atoms with Crippen LogP contribution in [0.3, 0.4) is 0 Å². The fourth-order valence-corrected chi connectivity index (χ4v) is 3.86. The van der Waals surface area contributed by atoms with Crippen LogP contribution >= 0.6 is 27.5 Å². The lowest BCUT2D eigenvalue weighted by Gasteiger charge is -2.31. The first-order valence-corrected chi connectivity index (χ1v) is 8.18. The predicted octanol–water partition coefficient (Wildman–Crippen LogP) is 4.61. The molecule has 0 aliphatic heterocycles. The van der Waals surface area contributed by atoms with Crippen LogP contribution in [0.4, 0.5) is 0 Å². The normalized spacial score (nSPS) is 28.6.